The number of carboxylic acid groups (broad SMARTS) is 1. The molecule has 0 heterocycles. The van der Waals surface area contributed by atoms with Crippen LogP contribution in [0, 0.1) is 12.3 Å². The molecule has 0 aliphatic carbocycles. The van der Waals surface area contributed by atoms with Gasteiger partial charge in [0.25, 0.3) is 0 Å². The zero-order chi connectivity index (χ0) is 13.3. The van der Waals surface area contributed by atoms with Crippen molar-refractivity contribution in [2.75, 3.05) is 26.2 Å². The highest BCUT2D eigenvalue weighted by Crippen LogP contribution is 1.88. The second-order valence-corrected chi connectivity index (χ2v) is 2.98. The van der Waals surface area contributed by atoms with Crippen LogP contribution >= 0.6 is 0 Å². The highest BCUT2D eigenvalue weighted by atomic mass is 16.4. The lowest BCUT2D eigenvalue weighted by Gasteiger charge is -2.18. The maximum absolute atomic E-state index is 11.4. The number of primary amides is 1. The van der Waals surface area contributed by atoms with Gasteiger partial charge in [0, 0.05) is 13.1 Å². The fraction of sp³-hybridized carbons (Fsp3) is 0.444. The third kappa shape index (κ3) is 7.49. The van der Waals surface area contributed by atoms with Gasteiger partial charge in [-0.3, -0.25) is 4.79 Å². The SMILES string of the molecule is C#CCN(CC(=O)O)C(=O)NCCNC(N)=O. The van der Waals surface area contributed by atoms with Gasteiger partial charge in [0.2, 0.25) is 0 Å². The van der Waals surface area contributed by atoms with Gasteiger partial charge in [-0.2, -0.15) is 0 Å². The Labute approximate surface area is 98.1 Å². The maximum Gasteiger partial charge on any atom is 0.323 e. The molecule has 5 N–H and O–H groups in total. The number of hydrogen-bond donors (Lipinski definition) is 4. The zero-order valence-electron chi connectivity index (χ0n) is 9.10. The molecule has 4 amide bonds. The molecule has 0 unspecified atom stereocenters. The molecule has 0 aromatic carbocycles. The number of carbonyl (C=O) groups excluding carboxylic acids is 2. The summed E-state index contributed by atoms with van der Waals surface area (Å²) in [6, 6.07) is -1.32. The number of aliphatic carboxylic acids is 1. The van der Waals surface area contributed by atoms with Crippen LogP contribution in [0.1, 0.15) is 0 Å². The van der Waals surface area contributed by atoms with Crippen LogP contribution < -0.4 is 16.4 Å². The third-order valence-corrected chi connectivity index (χ3v) is 1.60. The van der Waals surface area contributed by atoms with E-state index in [-0.39, 0.29) is 19.6 Å². The summed E-state index contributed by atoms with van der Waals surface area (Å²) in [6.07, 6.45) is 5.00. The van der Waals surface area contributed by atoms with Crippen LogP contribution in [0.3, 0.4) is 0 Å². The fourth-order valence-electron chi connectivity index (χ4n) is 0.940. The van der Waals surface area contributed by atoms with Crippen molar-refractivity contribution in [3.05, 3.63) is 0 Å². The summed E-state index contributed by atoms with van der Waals surface area (Å²) in [6.45, 7) is -0.318. The predicted octanol–water partition coefficient (Wildman–Crippen LogP) is -1.62. The first kappa shape index (κ1) is 14.6. The fourth-order valence-corrected chi connectivity index (χ4v) is 0.940. The number of nitrogens with one attached hydrogen (secondary N) is 2. The summed E-state index contributed by atoms with van der Waals surface area (Å²) in [5.74, 6) is 1.01. The molecular formula is C9H14N4O4. The van der Waals surface area contributed by atoms with Crippen molar-refractivity contribution >= 4 is 18.0 Å². The van der Waals surface area contributed by atoms with Crippen molar-refractivity contribution in [1.82, 2.24) is 15.5 Å². The lowest BCUT2D eigenvalue weighted by atomic mass is 10.5. The minimum absolute atomic E-state index is 0.110. The van der Waals surface area contributed by atoms with Crippen molar-refractivity contribution in [3.8, 4) is 12.3 Å². The number of nitrogens with zero attached hydrogens (tertiary/aromatic N) is 1. The highest BCUT2D eigenvalue weighted by molar-refractivity contribution is 5.80. The van der Waals surface area contributed by atoms with Crippen LogP contribution in [0.2, 0.25) is 0 Å². The Balaban J connectivity index is 4.02. The molecule has 8 nitrogen and oxygen atoms in total. The van der Waals surface area contributed by atoms with Crippen LogP contribution in [-0.4, -0.2) is 54.2 Å². The lowest BCUT2D eigenvalue weighted by molar-refractivity contribution is -0.137. The molecule has 8 heteroatoms. The van der Waals surface area contributed by atoms with Crippen LogP contribution in [0.5, 0.6) is 0 Å². The van der Waals surface area contributed by atoms with E-state index in [2.05, 4.69) is 16.6 Å². The number of amides is 4. The van der Waals surface area contributed by atoms with E-state index in [0.717, 1.165) is 4.90 Å². The van der Waals surface area contributed by atoms with Gasteiger partial charge >= 0.3 is 18.0 Å². The van der Waals surface area contributed by atoms with Gasteiger partial charge in [0.05, 0.1) is 6.54 Å². The Kier molecular flexibility index (Phi) is 6.69. The molecule has 0 aliphatic heterocycles. The summed E-state index contributed by atoms with van der Waals surface area (Å²) >= 11 is 0. The molecular weight excluding hydrogens is 228 g/mol. The maximum atomic E-state index is 11.4. The molecule has 0 rings (SSSR count). The van der Waals surface area contributed by atoms with Gasteiger partial charge in [-0.1, -0.05) is 5.92 Å². The molecule has 0 bridgehead atoms. The second-order valence-electron chi connectivity index (χ2n) is 2.98. The molecule has 0 saturated carbocycles. The predicted molar refractivity (Wildman–Crippen MR) is 59.0 cm³/mol. The zero-order valence-corrected chi connectivity index (χ0v) is 9.10. The van der Waals surface area contributed by atoms with E-state index < -0.39 is 24.6 Å². The Bertz CT molecular complexity index is 336. The summed E-state index contributed by atoms with van der Waals surface area (Å²) in [4.78, 5) is 33.1. The van der Waals surface area contributed by atoms with Gasteiger partial charge in [-0.15, -0.1) is 6.42 Å². The average molecular weight is 242 g/mol. The van der Waals surface area contributed by atoms with Crippen molar-refractivity contribution in [3.63, 3.8) is 0 Å². The number of nitrogens with two attached hydrogens (primary N) is 1. The largest absolute Gasteiger partial charge is 0.480 e. The second kappa shape index (κ2) is 7.81. The summed E-state index contributed by atoms with van der Waals surface area (Å²) in [5, 5.41) is 13.2. The molecule has 94 valence electrons. The Morgan fingerprint density at radius 3 is 2.35 bits per heavy atom. The first-order valence-electron chi connectivity index (χ1n) is 4.68. The molecule has 0 atom stereocenters. The Morgan fingerprint density at radius 2 is 1.88 bits per heavy atom. The third-order valence-electron chi connectivity index (χ3n) is 1.60. The molecule has 0 spiro atoms. The van der Waals surface area contributed by atoms with Gasteiger partial charge in [0.15, 0.2) is 0 Å². The van der Waals surface area contributed by atoms with Gasteiger partial charge in [-0.05, 0) is 0 Å². The first-order chi connectivity index (χ1) is 7.97. The first-order valence-corrected chi connectivity index (χ1v) is 4.68. The number of carbonyl (C=O) groups is 3. The molecule has 0 fully saturated rings. The minimum atomic E-state index is -1.16. The smallest absolute Gasteiger partial charge is 0.323 e. The van der Waals surface area contributed by atoms with E-state index in [1.165, 1.54) is 0 Å². The molecule has 0 aromatic rings. The average Bonchev–Trinajstić information content (AvgIpc) is 2.22. The van der Waals surface area contributed by atoms with E-state index in [1.807, 2.05) is 0 Å². The van der Waals surface area contributed by atoms with Crippen LogP contribution in [-0.2, 0) is 4.79 Å². The Hall–Kier alpha value is -2.43. The quantitative estimate of drug-likeness (QED) is 0.330. The normalized spacial score (nSPS) is 8.88. The van der Waals surface area contributed by atoms with Gasteiger partial charge < -0.3 is 26.4 Å². The van der Waals surface area contributed by atoms with Crippen LogP contribution in [0.25, 0.3) is 0 Å². The summed E-state index contributed by atoms with van der Waals surface area (Å²) in [5.41, 5.74) is 4.81. The van der Waals surface area contributed by atoms with Crippen LogP contribution in [0.15, 0.2) is 0 Å². The van der Waals surface area contributed by atoms with E-state index in [0.29, 0.717) is 0 Å². The van der Waals surface area contributed by atoms with Crippen LogP contribution in [0.4, 0.5) is 9.59 Å². The molecule has 0 aromatic heterocycles. The number of rotatable bonds is 6. The van der Waals surface area contributed by atoms with Gasteiger partial charge in [-0.25, -0.2) is 9.59 Å². The summed E-state index contributed by atoms with van der Waals surface area (Å²) in [7, 11) is 0. The van der Waals surface area contributed by atoms with E-state index in [1.54, 1.807) is 0 Å². The van der Waals surface area contributed by atoms with Crippen molar-refractivity contribution in [1.29, 1.82) is 0 Å². The van der Waals surface area contributed by atoms with Crippen molar-refractivity contribution in [2.24, 2.45) is 5.73 Å². The standard InChI is InChI=1S/C9H14N4O4/c1-2-5-13(6-7(14)15)9(17)12-4-3-11-8(10)16/h1H,3-6H2,(H,12,17)(H,14,15)(H3,10,11,16). The van der Waals surface area contributed by atoms with Crippen molar-refractivity contribution in [2.45, 2.75) is 0 Å². The van der Waals surface area contributed by atoms with E-state index >= 15 is 0 Å². The molecule has 0 radical (unpaired) electrons. The molecule has 0 saturated heterocycles. The van der Waals surface area contributed by atoms with E-state index in [9.17, 15) is 14.4 Å². The molecule has 0 aliphatic rings. The number of hydrogen-bond acceptors (Lipinski definition) is 3. The van der Waals surface area contributed by atoms with E-state index in [4.69, 9.17) is 17.3 Å². The summed E-state index contributed by atoms with van der Waals surface area (Å²) < 4.78 is 0. The van der Waals surface area contributed by atoms with Crippen molar-refractivity contribution < 1.29 is 19.5 Å². The lowest BCUT2D eigenvalue weighted by Crippen LogP contribution is -2.45. The number of terminal acetylenes is 1. The Morgan fingerprint density at radius 1 is 1.29 bits per heavy atom. The topological polar surface area (TPSA) is 125 Å². The molecule has 17 heavy (non-hydrogen) atoms. The number of urea groups is 2. The highest BCUT2D eigenvalue weighted by Gasteiger charge is 2.14. The number of carboxylic acids is 1. The van der Waals surface area contributed by atoms with Gasteiger partial charge in [0.1, 0.15) is 6.54 Å². The minimum Gasteiger partial charge on any atom is -0.480 e. The monoisotopic (exact) mass is 242 g/mol.